The zero-order valence-corrected chi connectivity index (χ0v) is 14.3. The quantitative estimate of drug-likeness (QED) is 0.846. The number of carbonyl (C=O) groups excluding carboxylic acids is 1. The lowest BCUT2D eigenvalue weighted by molar-refractivity contribution is 0.102. The Morgan fingerprint density at radius 3 is 3.04 bits per heavy atom. The second-order valence-corrected chi connectivity index (χ2v) is 6.48. The highest BCUT2D eigenvalue weighted by Gasteiger charge is 2.18. The summed E-state index contributed by atoms with van der Waals surface area (Å²) in [7, 11) is 1.63. The number of hydrogen-bond acceptors (Lipinski definition) is 4. The lowest BCUT2D eigenvalue weighted by Gasteiger charge is -2.22. The van der Waals surface area contributed by atoms with Gasteiger partial charge in [-0.25, -0.2) is 0 Å². The minimum absolute atomic E-state index is 0.155. The third kappa shape index (κ3) is 3.53. The van der Waals surface area contributed by atoms with Crippen LogP contribution in [0.5, 0.6) is 0 Å². The smallest absolute Gasteiger partial charge is 0.276 e. The fourth-order valence-electron chi connectivity index (χ4n) is 2.66. The molecule has 1 aliphatic heterocycles. The van der Waals surface area contributed by atoms with Crippen molar-refractivity contribution >= 4 is 27.5 Å². The van der Waals surface area contributed by atoms with Gasteiger partial charge in [-0.1, -0.05) is 0 Å². The first kappa shape index (κ1) is 15.9. The zero-order valence-electron chi connectivity index (χ0n) is 12.8. The van der Waals surface area contributed by atoms with Gasteiger partial charge in [0.25, 0.3) is 11.5 Å². The topological polar surface area (TPSA) is 81.0 Å². The number of hydrogen-bond donors (Lipinski definition) is 2. The van der Waals surface area contributed by atoms with Crippen molar-refractivity contribution < 1.29 is 4.79 Å². The Bertz CT molecular complexity index is 750. The van der Waals surface area contributed by atoms with Crippen LogP contribution in [0.25, 0.3) is 0 Å². The minimum Gasteiger partial charge on any atom is -0.319 e. The molecule has 1 fully saturated rings. The second-order valence-electron chi connectivity index (χ2n) is 5.63. The highest BCUT2D eigenvalue weighted by Crippen LogP contribution is 2.17. The Labute approximate surface area is 141 Å². The molecule has 8 heteroatoms. The molecule has 7 nitrogen and oxygen atoms in total. The lowest BCUT2D eigenvalue weighted by atomic mass is 10.1. The van der Waals surface area contributed by atoms with Crippen molar-refractivity contribution in [3.05, 3.63) is 45.0 Å². The van der Waals surface area contributed by atoms with Crippen molar-refractivity contribution in [1.29, 1.82) is 0 Å². The average molecular weight is 380 g/mol. The summed E-state index contributed by atoms with van der Waals surface area (Å²) in [5, 5.41) is 10.5. The second kappa shape index (κ2) is 6.67. The molecule has 1 atom stereocenters. The van der Waals surface area contributed by atoms with Crippen LogP contribution >= 0.6 is 15.9 Å². The maximum Gasteiger partial charge on any atom is 0.276 e. The van der Waals surface area contributed by atoms with Crippen LogP contribution in [0.1, 0.15) is 29.4 Å². The van der Waals surface area contributed by atoms with Gasteiger partial charge in [0, 0.05) is 26.0 Å². The Kier molecular flexibility index (Phi) is 4.63. The van der Waals surface area contributed by atoms with E-state index in [-0.39, 0.29) is 17.5 Å². The molecule has 2 aromatic heterocycles. The molecule has 0 saturated carbocycles. The Balaban J connectivity index is 1.73. The molecule has 3 rings (SSSR count). The summed E-state index contributed by atoms with van der Waals surface area (Å²) in [6.07, 6.45) is 5.58. The van der Waals surface area contributed by atoms with Crippen LogP contribution in [0, 0.1) is 0 Å². The Morgan fingerprint density at radius 1 is 1.52 bits per heavy atom. The maximum atomic E-state index is 12.3. The van der Waals surface area contributed by atoms with Crippen LogP contribution in [0.15, 0.2) is 33.8 Å². The van der Waals surface area contributed by atoms with E-state index in [9.17, 15) is 9.59 Å². The molecule has 2 aromatic rings. The van der Waals surface area contributed by atoms with Gasteiger partial charge in [-0.05, 0) is 47.4 Å². The monoisotopic (exact) mass is 379 g/mol. The van der Waals surface area contributed by atoms with Crippen LogP contribution < -0.4 is 16.2 Å². The van der Waals surface area contributed by atoms with Gasteiger partial charge in [0.15, 0.2) is 5.69 Å². The molecule has 0 spiro atoms. The van der Waals surface area contributed by atoms with Crippen molar-refractivity contribution in [2.45, 2.75) is 18.9 Å². The molecule has 122 valence electrons. The number of nitrogens with zero attached hydrogens (tertiary/aromatic N) is 3. The van der Waals surface area contributed by atoms with E-state index in [0.717, 1.165) is 25.9 Å². The van der Waals surface area contributed by atoms with Gasteiger partial charge in [0.2, 0.25) is 0 Å². The third-order valence-electron chi connectivity index (χ3n) is 3.88. The normalized spacial score (nSPS) is 17.9. The number of amides is 1. The van der Waals surface area contributed by atoms with E-state index in [1.54, 1.807) is 25.4 Å². The standard InChI is InChI=1S/C15H18BrN5O2/c1-20-9-10(7-12(16)15(20)23)18-14(22)13-4-6-21(19-13)11-3-2-5-17-8-11/h4,6-7,9,11,17H,2-3,5,8H2,1H3,(H,18,22). The number of aromatic nitrogens is 3. The van der Waals surface area contributed by atoms with Crippen molar-refractivity contribution in [1.82, 2.24) is 19.7 Å². The first-order valence-electron chi connectivity index (χ1n) is 7.48. The summed E-state index contributed by atoms with van der Waals surface area (Å²) < 4.78 is 3.65. The summed E-state index contributed by atoms with van der Waals surface area (Å²) in [6, 6.07) is 3.58. The van der Waals surface area contributed by atoms with Crippen LogP contribution in [0.3, 0.4) is 0 Å². The predicted octanol–water partition coefficient (Wildman–Crippen LogP) is 1.52. The molecule has 1 aliphatic rings. The van der Waals surface area contributed by atoms with Gasteiger partial charge in [0.05, 0.1) is 16.2 Å². The Hall–Kier alpha value is -1.93. The van der Waals surface area contributed by atoms with Crippen LogP contribution in [-0.4, -0.2) is 33.3 Å². The van der Waals surface area contributed by atoms with E-state index in [1.165, 1.54) is 4.57 Å². The first-order valence-corrected chi connectivity index (χ1v) is 8.27. The van der Waals surface area contributed by atoms with E-state index in [2.05, 4.69) is 31.7 Å². The molecule has 23 heavy (non-hydrogen) atoms. The fourth-order valence-corrected chi connectivity index (χ4v) is 3.18. The molecule has 1 saturated heterocycles. The van der Waals surface area contributed by atoms with Crippen molar-refractivity contribution in [3.63, 3.8) is 0 Å². The van der Waals surface area contributed by atoms with E-state index in [1.807, 2.05) is 10.9 Å². The number of piperidine rings is 1. The van der Waals surface area contributed by atoms with Crippen molar-refractivity contribution in [2.24, 2.45) is 7.05 Å². The highest BCUT2D eigenvalue weighted by molar-refractivity contribution is 9.10. The number of anilines is 1. The summed E-state index contributed by atoms with van der Waals surface area (Å²) in [4.78, 5) is 23.9. The molecule has 0 bridgehead atoms. The number of halogens is 1. The number of pyridine rings is 1. The molecular weight excluding hydrogens is 362 g/mol. The molecular formula is C15H18BrN5O2. The van der Waals surface area contributed by atoms with E-state index < -0.39 is 0 Å². The molecule has 1 unspecified atom stereocenters. The van der Waals surface area contributed by atoms with E-state index in [0.29, 0.717) is 15.9 Å². The Morgan fingerprint density at radius 2 is 2.35 bits per heavy atom. The van der Waals surface area contributed by atoms with Gasteiger partial charge < -0.3 is 15.2 Å². The number of aryl methyl sites for hydroxylation is 1. The SMILES string of the molecule is Cn1cc(NC(=O)c2ccn(C3CCCNC3)n2)cc(Br)c1=O. The van der Waals surface area contributed by atoms with Crippen LogP contribution in [0.2, 0.25) is 0 Å². The lowest BCUT2D eigenvalue weighted by Crippen LogP contribution is -2.32. The largest absolute Gasteiger partial charge is 0.319 e. The molecule has 0 aliphatic carbocycles. The number of nitrogens with one attached hydrogen (secondary N) is 2. The van der Waals surface area contributed by atoms with Crippen LogP contribution in [0.4, 0.5) is 5.69 Å². The van der Waals surface area contributed by atoms with E-state index >= 15 is 0 Å². The zero-order chi connectivity index (χ0) is 16.4. The van der Waals surface area contributed by atoms with Crippen molar-refractivity contribution in [2.75, 3.05) is 18.4 Å². The van der Waals surface area contributed by atoms with Crippen LogP contribution in [-0.2, 0) is 7.05 Å². The molecule has 0 radical (unpaired) electrons. The highest BCUT2D eigenvalue weighted by atomic mass is 79.9. The summed E-state index contributed by atoms with van der Waals surface area (Å²) in [5.74, 6) is -0.293. The number of rotatable bonds is 3. The molecule has 1 amide bonds. The summed E-state index contributed by atoms with van der Waals surface area (Å²) in [6.45, 7) is 1.91. The van der Waals surface area contributed by atoms with Gasteiger partial charge in [-0.3, -0.25) is 14.3 Å². The van der Waals surface area contributed by atoms with Gasteiger partial charge in [-0.2, -0.15) is 5.10 Å². The predicted molar refractivity (Wildman–Crippen MR) is 90.7 cm³/mol. The number of carbonyl (C=O) groups is 1. The van der Waals surface area contributed by atoms with Gasteiger partial charge in [-0.15, -0.1) is 0 Å². The van der Waals surface area contributed by atoms with Gasteiger partial charge >= 0.3 is 0 Å². The molecule has 0 aromatic carbocycles. The summed E-state index contributed by atoms with van der Waals surface area (Å²) >= 11 is 3.19. The molecule has 2 N–H and O–H groups in total. The van der Waals surface area contributed by atoms with E-state index in [4.69, 9.17) is 0 Å². The maximum absolute atomic E-state index is 12.3. The van der Waals surface area contributed by atoms with Gasteiger partial charge in [0.1, 0.15) is 0 Å². The third-order valence-corrected chi connectivity index (χ3v) is 4.45. The summed E-state index contributed by atoms with van der Waals surface area (Å²) in [5.41, 5.74) is 0.746. The minimum atomic E-state index is -0.293. The fraction of sp³-hybridized carbons (Fsp3) is 0.400. The first-order chi connectivity index (χ1) is 11.0. The molecule has 3 heterocycles. The average Bonchev–Trinajstić information content (AvgIpc) is 3.03. The van der Waals surface area contributed by atoms with Crippen molar-refractivity contribution in [3.8, 4) is 0 Å².